The van der Waals surface area contributed by atoms with Gasteiger partial charge in [-0.25, -0.2) is 15.0 Å². The molecule has 2 aromatic heterocycles. The average molecular weight is 779 g/mol. The molecular formula is C57H38N4. The first-order valence-corrected chi connectivity index (χ1v) is 20.6. The molecule has 0 radical (unpaired) electrons. The predicted molar refractivity (Wildman–Crippen MR) is 252 cm³/mol. The SMILES string of the molecule is c1ccc(-c2cccc(-c3cccc(-c4nc(-c5ccccc5)nc(-c5ccc(-c6cccc(-c7ccccc7)c6)c(-n6c7ccccc7c7ccccc76)c5)n4)c3)c2)cc1. The van der Waals surface area contributed by atoms with Crippen LogP contribution in [0.5, 0.6) is 0 Å². The van der Waals surface area contributed by atoms with E-state index in [1.165, 1.54) is 33.0 Å². The Morgan fingerprint density at radius 3 is 1.15 bits per heavy atom. The van der Waals surface area contributed by atoms with Gasteiger partial charge in [0.2, 0.25) is 0 Å². The molecule has 2 heterocycles. The summed E-state index contributed by atoms with van der Waals surface area (Å²) in [5.41, 5.74) is 15.2. The van der Waals surface area contributed by atoms with Crippen LogP contribution in [0.3, 0.4) is 0 Å². The molecular weight excluding hydrogens is 741 g/mol. The second-order valence-electron chi connectivity index (χ2n) is 15.2. The molecule has 0 saturated heterocycles. The lowest BCUT2D eigenvalue weighted by atomic mass is 9.96. The summed E-state index contributed by atoms with van der Waals surface area (Å²) in [4.78, 5) is 15.6. The predicted octanol–water partition coefficient (Wildman–Crippen LogP) is 14.6. The number of benzene rings is 9. The van der Waals surface area contributed by atoms with Gasteiger partial charge in [0.15, 0.2) is 17.5 Å². The van der Waals surface area contributed by atoms with Crippen molar-refractivity contribution in [3.05, 3.63) is 231 Å². The highest BCUT2D eigenvalue weighted by Gasteiger charge is 2.19. The van der Waals surface area contributed by atoms with Gasteiger partial charge in [0.05, 0.1) is 16.7 Å². The number of hydrogen-bond acceptors (Lipinski definition) is 3. The van der Waals surface area contributed by atoms with E-state index in [1.807, 2.05) is 24.3 Å². The lowest BCUT2D eigenvalue weighted by Crippen LogP contribution is -2.02. The molecule has 0 saturated carbocycles. The lowest BCUT2D eigenvalue weighted by molar-refractivity contribution is 1.07. The highest BCUT2D eigenvalue weighted by molar-refractivity contribution is 6.10. The van der Waals surface area contributed by atoms with E-state index in [-0.39, 0.29) is 0 Å². The van der Waals surface area contributed by atoms with Gasteiger partial charge in [0.25, 0.3) is 0 Å². The molecule has 0 N–H and O–H groups in total. The van der Waals surface area contributed by atoms with Gasteiger partial charge < -0.3 is 4.57 Å². The Balaban J connectivity index is 1.10. The summed E-state index contributed by atoms with van der Waals surface area (Å²) in [6.45, 7) is 0. The number of hydrogen-bond donors (Lipinski definition) is 0. The molecule has 0 unspecified atom stereocenters. The first kappa shape index (κ1) is 35.9. The molecule has 0 bridgehead atoms. The molecule has 0 fully saturated rings. The summed E-state index contributed by atoms with van der Waals surface area (Å²) >= 11 is 0. The normalized spacial score (nSPS) is 11.3. The Morgan fingerprint density at radius 2 is 0.607 bits per heavy atom. The molecule has 11 aromatic rings. The van der Waals surface area contributed by atoms with Crippen molar-refractivity contribution in [1.29, 1.82) is 0 Å². The van der Waals surface area contributed by atoms with E-state index in [4.69, 9.17) is 15.0 Å². The molecule has 61 heavy (non-hydrogen) atoms. The smallest absolute Gasteiger partial charge is 0.164 e. The highest BCUT2D eigenvalue weighted by Crippen LogP contribution is 2.39. The van der Waals surface area contributed by atoms with Crippen molar-refractivity contribution in [2.75, 3.05) is 0 Å². The van der Waals surface area contributed by atoms with E-state index in [9.17, 15) is 0 Å². The van der Waals surface area contributed by atoms with E-state index in [2.05, 4.69) is 211 Å². The highest BCUT2D eigenvalue weighted by atomic mass is 15.0. The molecule has 0 atom stereocenters. The summed E-state index contributed by atoms with van der Waals surface area (Å²) in [6, 6.07) is 81.2. The third-order valence-electron chi connectivity index (χ3n) is 11.4. The van der Waals surface area contributed by atoms with Gasteiger partial charge >= 0.3 is 0 Å². The van der Waals surface area contributed by atoms with Gasteiger partial charge in [-0.05, 0) is 75.3 Å². The van der Waals surface area contributed by atoms with Crippen LogP contribution in [0.25, 0.3) is 106 Å². The Bertz CT molecular complexity index is 3300. The minimum Gasteiger partial charge on any atom is -0.309 e. The summed E-state index contributed by atoms with van der Waals surface area (Å²) in [5.74, 6) is 1.84. The van der Waals surface area contributed by atoms with Crippen LogP contribution in [-0.2, 0) is 0 Å². The van der Waals surface area contributed by atoms with Gasteiger partial charge in [-0.1, -0.05) is 194 Å². The van der Waals surface area contributed by atoms with Gasteiger partial charge in [0, 0.05) is 33.0 Å². The molecule has 0 aliphatic rings. The standard InChI is InChI=1S/C57H38N4/c1-4-17-39(18-5-1)42-23-14-25-44(35-42)45-26-16-28-47(37-45)56-58-55(41-21-8-3-9-22-41)59-57(60-56)48-33-34-49(46-27-15-24-43(36-46)40-19-6-2-7-20-40)54(38-48)61-52-31-12-10-29-50(52)51-30-11-13-32-53(51)61/h1-38H. The summed E-state index contributed by atoms with van der Waals surface area (Å²) in [7, 11) is 0. The Kier molecular flexibility index (Phi) is 9.14. The summed E-state index contributed by atoms with van der Waals surface area (Å²) < 4.78 is 2.39. The fraction of sp³-hybridized carbons (Fsp3) is 0. The molecule has 4 heteroatoms. The van der Waals surface area contributed by atoms with E-state index in [1.54, 1.807) is 0 Å². The number of para-hydroxylation sites is 2. The third kappa shape index (κ3) is 6.86. The Labute approximate surface area is 354 Å². The van der Waals surface area contributed by atoms with Crippen LogP contribution in [0.15, 0.2) is 231 Å². The van der Waals surface area contributed by atoms with Crippen molar-refractivity contribution in [1.82, 2.24) is 19.5 Å². The van der Waals surface area contributed by atoms with E-state index in [0.29, 0.717) is 17.5 Å². The zero-order valence-corrected chi connectivity index (χ0v) is 33.2. The maximum absolute atomic E-state index is 5.27. The first-order chi connectivity index (χ1) is 30.2. The Morgan fingerprint density at radius 1 is 0.246 bits per heavy atom. The number of nitrogens with zero attached hydrogens (tertiary/aromatic N) is 4. The van der Waals surface area contributed by atoms with Crippen molar-refractivity contribution in [2.24, 2.45) is 0 Å². The molecule has 0 spiro atoms. The van der Waals surface area contributed by atoms with Crippen LogP contribution in [0.4, 0.5) is 0 Å². The quantitative estimate of drug-likeness (QED) is 0.154. The van der Waals surface area contributed by atoms with E-state index in [0.717, 1.165) is 55.7 Å². The number of aromatic nitrogens is 4. The van der Waals surface area contributed by atoms with Crippen molar-refractivity contribution in [3.63, 3.8) is 0 Å². The van der Waals surface area contributed by atoms with Crippen molar-refractivity contribution in [2.45, 2.75) is 0 Å². The first-order valence-electron chi connectivity index (χ1n) is 20.6. The zero-order chi connectivity index (χ0) is 40.5. The third-order valence-corrected chi connectivity index (χ3v) is 11.4. The topological polar surface area (TPSA) is 43.6 Å². The molecule has 4 nitrogen and oxygen atoms in total. The number of rotatable bonds is 8. The molecule has 0 aliphatic carbocycles. The van der Waals surface area contributed by atoms with Crippen molar-refractivity contribution in [3.8, 4) is 84.4 Å². The molecule has 286 valence electrons. The second-order valence-corrected chi connectivity index (χ2v) is 15.2. The molecule has 11 rings (SSSR count). The Hall–Kier alpha value is -8.21. The van der Waals surface area contributed by atoms with Gasteiger partial charge in [-0.2, -0.15) is 0 Å². The van der Waals surface area contributed by atoms with Crippen LogP contribution in [0, 0.1) is 0 Å². The van der Waals surface area contributed by atoms with Crippen LogP contribution >= 0.6 is 0 Å². The van der Waals surface area contributed by atoms with Gasteiger partial charge in [0.1, 0.15) is 0 Å². The molecule has 0 amide bonds. The summed E-state index contributed by atoms with van der Waals surface area (Å²) in [6.07, 6.45) is 0. The van der Waals surface area contributed by atoms with Gasteiger partial charge in [-0.3, -0.25) is 0 Å². The second kappa shape index (κ2) is 15.5. The maximum Gasteiger partial charge on any atom is 0.164 e. The largest absolute Gasteiger partial charge is 0.309 e. The fourth-order valence-corrected chi connectivity index (χ4v) is 8.48. The van der Waals surface area contributed by atoms with Crippen LogP contribution in [0.1, 0.15) is 0 Å². The van der Waals surface area contributed by atoms with Crippen molar-refractivity contribution < 1.29 is 0 Å². The fourth-order valence-electron chi connectivity index (χ4n) is 8.48. The molecule has 9 aromatic carbocycles. The zero-order valence-electron chi connectivity index (χ0n) is 33.2. The van der Waals surface area contributed by atoms with Crippen LogP contribution in [-0.4, -0.2) is 19.5 Å². The lowest BCUT2D eigenvalue weighted by Gasteiger charge is -2.17. The minimum atomic E-state index is 0.604. The van der Waals surface area contributed by atoms with Crippen molar-refractivity contribution >= 4 is 21.8 Å². The van der Waals surface area contributed by atoms with E-state index < -0.39 is 0 Å². The average Bonchev–Trinajstić information content (AvgIpc) is 3.69. The maximum atomic E-state index is 5.27. The molecule has 0 aliphatic heterocycles. The minimum absolute atomic E-state index is 0.604. The van der Waals surface area contributed by atoms with Crippen LogP contribution in [0.2, 0.25) is 0 Å². The van der Waals surface area contributed by atoms with Crippen LogP contribution < -0.4 is 0 Å². The summed E-state index contributed by atoms with van der Waals surface area (Å²) in [5, 5.41) is 2.41. The van der Waals surface area contributed by atoms with Gasteiger partial charge in [-0.15, -0.1) is 0 Å². The number of fused-ring (bicyclic) bond motifs is 3. The van der Waals surface area contributed by atoms with E-state index >= 15 is 0 Å². The monoisotopic (exact) mass is 778 g/mol.